The maximum absolute atomic E-state index is 13.3. The van der Waals surface area contributed by atoms with Crippen LogP contribution in [0.25, 0.3) is 0 Å². The van der Waals surface area contributed by atoms with Crippen LogP contribution in [0.2, 0.25) is 0 Å². The number of nitrogens with zero attached hydrogens (tertiary/aromatic N) is 2. The van der Waals surface area contributed by atoms with Gasteiger partial charge in [0.2, 0.25) is 11.8 Å². The summed E-state index contributed by atoms with van der Waals surface area (Å²) < 4.78 is 0. The van der Waals surface area contributed by atoms with E-state index in [4.69, 9.17) is 5.73 Å². The van der Waals surface area contributed by atoms with Gasteiger partial charge in [-0.3, -0.25) is 24.6 Å². The molecule has 4 aliphatic rings. The van der Waals surface area contributed by atoms with E-state index < -0.39 is 6.04 Å². The highest BCUT2D eigenvalue weighted by Gasteiger charge is 2.51. The van der Waals surface area contributed by atoms with Crippen LogP contribution in [0.3, 0.4) is 0 Å². The highest BCUT2D eigenvalue weighted by molar-refractivity contribution is 6.06. The van der Waals surface area contributed by atoms with Crippen LogP contribution >= 0.6 is 0 Å². The molecule has 154 valence electrons. The van der Waals surface area contributed by atoms with Gasteiger partial charge in [-0.25, -0.2) is 0 Å². The second kappa shape index (κ2) is 6.92. The van der Waals surface area contributed by atoms with Crippen LogP contribution in [-0.2, 0) is 22.7 Å². The molecule has 0 aromatic heterocycles. The molecule has 5 rings (SSSR count). The Morgan fingerprint density at radius 2 is 2.03 bits per heavy atom. The molecule has 0 bridgehead atoms. The summed E-state index contributed by atoms with van der Waals surface area (Å²) in [4.78, 5) is 41.2. The lowest BCUT2D eigenvalue weighted by Gasteiger charge is -2.59. The summed E-state index contributed by atoms with van der Waals surface area (Å²) in [6.45, 7) is 2.84. The normalized spacial score (nSPS) is 31.9. The first-order chi connectivity index (χ1) is 14.0. The topological polar surface area (TPSA) is 95.7 Å². The number of benzene rings is 1. The zero-order valence-electron chi connectivity index (χ0n) is 16.7. The number of likely N-dealkylation sites (tertiary alicyclic amines) is 1. The fourth-order valence-corrected chi connectivity index (χ4v) is 5.92. The SMILES string of the molecule is NCC12CCC1CCCN2Cc1cccc2c1C(=O)N(C1CCC(=O)NC1=O)C2. The van der Waals surface area contributed by atoms with Crippen molar-refractivity contribution in [3.8, 4) is 0 Å². The molecule has 3 unspecified atom stereocenters. The van der Waals surface area contributed by atoms with Crippen LogP contribution < -0.4 is 11.1 Å². The summed E-state index contributed by atoms with van der Waals surface area (Å²) >= 11 is 0. The van der Waals surface area contributed by atoms with Gasteiger partial charge in [0.1, 0.15) is 6.04 Å². The van der Waals surface area contributed by atoms with Crippen molar-refractivity contribution in [3.05, 3.63) is 34.9 Å². The number of fused-ring (bicyclic) bond motifs is 2. The molecule has 7 nitrogen and oxygen atoms in total. The summed E-state index contributed by atoms with van der Waals surface area (Å²) in [5, 5.41) is 2.37. The van der Waals surface area contributed by atoms with Gasteiger partial charge >= 0.3 is 0 Å². The van der Waals surface area contributed by atoms with Gasteiger partial charge < -0.3 is 10.6 Å². The number of amides is 3. The molecular formula is C22H28N4O3. The minimum Gasteiger partial charge on any atom is -0.329 e. The smallest absolute Gasteiger partial charge is 0.255 e. The van der Waals surface area contributed by atoms with Crippen molar-refractivity contribution in [3.63, 3.8) is 0 Å². The minimum absolute atomic E-state index is 0.0888. The van der Waals surface area contributed by atoms with Gasteiger partial charge in [-0.05, 0) is 55.7 Å². The Bertz CT molecular complexity index is 881. The number of carbonyl (C=O) groups is 3. The Kier molecular flexibility index (Phi) is 4.47. The van der Waals surface area contributed by atoms with E-state index in [0.29, 0.717) is 25.4 Å². The average molecular weight is 396 g/mol. The molecule has 2 saturated heterocycles. The van der Waals surface area contributed by atoms with E-state index in [-0.39, 0.29) is 29.7 Å². The standard InChI is InChI=1S/C22H28N4O3/c23-13-22-9-8-16(22)5-2-10-25(22)11-14-3-1-4-15-12-26(21(29)19(14)15)17-6-7-18(27)24-20(17)28/h1,3-4,16-17H,2,5-13,23H2,(H,24,27,28). The van der Waals surface area contributed by atoms with Crippen LogP contribution in [0.5, 0.6) is 0 Å². The number of piperidine rings is 2. The molecule has 1 aromatic carbocycles. The zero-order chi connectivity index (χ0) is 20.2. The molecule has 0 spiro atoms. The van der Waals surface area contributed by atoms with Gasteiger partial charge in [0, 0.05) is 37.2 Å². The first-order valence-corrected chi connectivity index (χ1v) is 10.7. The van der Waals surface area contributed by atoms with E-state index >= 15 is 0 Å². The van der Waals surface area contributed by atoms with Gasteiger partial charge in [-0.2, -0.15) is 0 Å². The molecule has 3 atom stereocenters. The molecular weight excluding hydrogens is 368 g/mol. The van der Waals surface area contributed by atoms with Crippen LogP contribution in [0.1, 0.15) is 60.0 Å². The summed E-state index contributed by atoms with van der Waals surface area (Å²) in [6, 6.07) is 5.45. The number of rotatable bonds is 4. The monoisotopic (exact) mass is 396 g/mol. The van der Waals surface area contributed by atoms with Crippen LogP contribution in [-0.4, -0.2) is 52.2 Å². The quantitative estimate of drug-likeness (QED) is 0.745. The lowest BCUT2D eigenvalue weighted by atomic mass is 9.61. The van der Waals surface area contributed by atoms with Gasteiger partial charge in [-0.1, -0.05) is 18.2 Å². The van der Waals surface area contributed by atoms with Crippen molar-refractivity contribution in [1.82, 2.24) is 15.1 Å². The third-order valence-corrected chi connectivity index (χ3v) is 7.65. The van der Waals surface area contributed by atoms with Crippen molar-refractivity contribution < 1.29 is 14.4 Å². The molecule has 3 fully saturated rings. The van der Waals surface area contributed by atoms with Gasteiger partial charge in [0.25, 0.3) is 5.91 Å². The molecule has 1 aromatic rings. The summed E-state index contributed by atoms with van der Waals surface area (Å²) in [5.41, 5.74) is 9.05. The molecule has 0 radical (unpaired) electrons. The predicted octanol–water partition coefficient (Wildman–Crippen LogP) is 1.15. The minimum atomic E-state index is -0.568. The van der Waals surface area contributed by atoms with Gasteiger partial charge in [0.05, 0.1) is 0 Å². The molecule has 3 amide bonds. The Hall–Kier alpha value is -2.25. The van der Waals surface area contributed by atoms with E-state index in [9.17, 15) is 14.4 Å². The van der Waals surface area contributed by atoms with Crippen molar-refractivity contribution >= 4 is 17.7 Å². The lowest BCUT2D eigenvalue weighted by Crippen LogP contribution is -2.66. The first-order valence-electron chi connectivity index (χ1n) is 10.7. The largest absolute Gasteiger partial charge is 0.329 e. The van der Waals surface area contributed by atoms with Crippen molar-refractivity contribution in [2.75, 3.05) is 13.1 Å². The molecule has 7 heteroatoms. The predicted molar refractivity (Wildman–Crippen MR) is 107 cm³/mol. The number of hydrogen-bond acceptors (Lipinski definition) is 5. The van der Waals surface area contributed by atoms with E-state index in [1.54, 1.807) is 4.90 Å². The molecule has 3 N–H and O–H groups in total. The third-order valence-electron chi connectivity index (χ3n) is 7.65. The van der Waals surface area contributed by atoms with Crippen molar-refractivity contribution in [2.45, 2.75) is 63.2 Å². The lowest BCUT2D eigenvalue weighted by molar-refractivity contribution is -0.136. The molecule has 1 saturated carbocycles. The van der Waals surface area contributed by atoms with E-state index in [1.807, 2.05) is 18.2 Å². The Balaban J connectivity index is 1.40. The number of nitrogens with two attached hydrogens (primary N) is 1. The number of carbonyl (C=O) groups excluding carboxylic acids is 3. The summed E-state index contributed by atoms with van der Waals surface area (Å²) in [7, 11) is 0. The van der Waals surface area contributed by atoms with Gasteiger partial charge in [-0.15, -0.1) is 0 Å². The Morgan fingerprint density at radius 3 is 2.76 bits per heavy atom. The highest BCUT2D eigenvalue weighted by atomic mass is 16.2. The van der Waals surface area contributed by atoms with Crippen LogP contribution in [0.15, 0.2) is 18.2 Å². The fourth-order valence-electron chi connectivity index (χ4n) is 5.92. The number of imide groups is 1. The fraction of sp³-hybridized carbons (Fsp3) is 0.591. The maximum Gasteiger partial charge on any atom is 0.255 e. The van der Waals surface area contributed by atoms with Crippen LogP contribution in [0, 0.1) is 5.92 Å². The summed E-state index contributed by atoms with van der Waals surface area (Å²) in [6.07, 6.45) is 5.49. The maximum atomic E-state index is 13.3. The third kappa shape index (κ3) is 2.82. The van der Waals surface area contributed by atoms with E-state index in [0.717, 1.165) is 36.2 Å². The molecule has 1 aliphatic carbocycles. The van der Waals surface area contributed by atoms with E-state index in [2.05, 4.69) is 10.2 Å². The van der Waals surface area contributed by atoms with Crippen molar-refractivity contribution in [2.24, 2.45) is 11.7 Å². The second-order valence-corrected chi connectivity index (χ2v) is 8.96. The van der Waals surface area contributed by atoms with Gasteiger partial charge in [0.15, 0.2) is 0 Å². The average Bonchev–Trinajstić information content (AvgIpc) is 3.01. The second-order valence-electron chi connectivity index (χ2n) is 8.96. The molecule has 3 heterocycles. The first kappa shape index (κ1) is 18.8. The Morgan fingerprint density at radius 1 is 1.17 bits per heavy atom. The molecule has 29 heavy (non-hydrogen) atoms. The summed E-state index contributed by atoms with van der Waals surface area (Å²) in [5.74, 6) is -0.0366. The van der Waals surface area contributed by atoms with Crippen molar-refractivity contribution in [1.29, 1.82) is 0 Å². The zero-order valence-corrected chi connectivity index (χ0v) is 16.7. The highest BCUT2D eigenvalue weighted by Crippen LogP contribution is 2.49. The molecule has 3 aliphatic heterocycles. The van der Waals surface area contributed by atoms with E-state index in [1.165, 1.54) is 19.3 Å². The number of nitrogens with one attached hydrogen (secondary N) is 1. The van der Waals surface area contributed by atoms with Crippen LogP contribution in [0.4, 0.5) is 0 Å². The Labute approximate surface area is 170 Å². The number of hydrogen-bond donors (Lipinski definition) is 2.